The van der Waals surface area contributed by atoms with Crippen molar-refractivity contribution in [2.75, 3.05) is 27.7 Å². The first kappa shape index (κ1) is 24.4. The van der Waals surface area contributed by atoms with Crippen LogP contribution in [0.2, 0.25) is 0 Å². The lowest BCUT2D eigenvalue weighted by molar-refractivity contribution is 0.298. The van der Waals surface area contributed by atoms with Crippen LogP contribution >= 0.6 is 24.0 Å². The minimum Gasteiger partial charge on any atom is -0.354 e. The van der Waals surface area contributed by atoms with Gasteiger partial charge < -0.3 is 15.5 Å². The average Bonchev–Trinajstić information content (AvgIpc) is 2.87. The van der Waals surface area contributed by atoms with Crippen molar-refractivity contribution in [2.45, 2.75) is 39.3 Å². The topological polar surface area (TPSA) is 57.5 Å². The summed E-state index contributed by atoms with van der Waals surface area (Å²) in [5.41, 5.74) is 4.92. The number of nitrogens with zero attached hydrogens (tertiary/aromatic N) is 4. The first-order chi connectivity index (χ1) is 12.8. The Labute approximate surface area is 186 Å². The van der Waals surface area contributed by atoms with E-state index in [1.54, 1.807) is 0 Å². The van der Waals surface area contributed by atoms with E-state index >= 15 is 0 Å². The van der Waals surface area contributed by atoms with Gasteiger partial charge in [-0.2, -0.15) is 5.10 Å². The molecule has 0 radical (unpaired) electrons. The Morgan fingerprint density at radius 1 is 1.21 bits per heavy atom. The van der Waals surface area contributed by atoms with E-state index in [1.165, 1.54) is 16.8 Å². The van der Waals surface area contributed by atoms with Crippen LogP contribution in [0.3, 0.4) is 0 Å². The second-order valence-corrected chi connectivity index (χ2v) is 7.37. The number of likely N-dealkylation sites (N-methyl/N-ethyl adjacent to an activating group) is 1. The Hall–Kier alpha value is -1.61. The quantitative estimate of drug-likeness (QED) is 0.350. The van der Waals surface area contributed by atoms with E-state index in [1.807, 2.05) is 24.8 Å². The number of guanidine groups is 1. The van der Waals surface area contributed by atoms with Gasteiger partial charge in [-0.1, -0.05) is 30.3 Å². The molecule has 1 heterocycles. The molecule has 2 N–H and O–H groups in total. The maximum Gasteiger partial charge on any atom is 0.191 e. The molecular weight excluding hydrogens is 463 g/mol. The van der Waals surface area contributed by atoms with Crippen molar-refractivity contribution in [3.63, 3.8) is 0 Å². The molecule has 0 saturated heterocycles. The lowest BCUT2D eigenvalue weighted by Crippen LogP contribution is -2.45. The molecular formula is C21H35IN6. The molecule has 2 aromatic rings. The number of hydrogen-bond acceptors (Lipinski definition) is 3. The van der Waals surface area contributed by atoms with E-state index in [0.717, 1.165) is 24.6 Å². The van der Waals surface area contributed by atoms with Crippen LogP contribution in [0.1, 0.15) is 35.5 Å². The average molecular weight is 498 g/mol. The maximum absolute atomic E-state index is 4.51. The van der Waals surface area contributed by atoms with Gasteiger partial charge in [-0.05, 0) is 52.4 Å². The van der Waals surface area contributed by atoms with Crippen molar-refractivity contribution in [2.24, 2.45) is 12.0 Å². The lowest BCUT2D eigenvalue weighted by atomic mass is 10.1. The number of hydrogen-bond donors (Lipinski definition) is 2. The van der Waals surface area contributed by atoms with Gasteiger partial charge in [-0.25, -0.2) is 0 Å². The number of aromatic nitrogens is 2. The van der Waals surface area contributed by atoms with Gasteiger partial charge >= 0.3 is 0 Å². The van der Waals surface area contributed by atoms with Gasteiger partial charge in [-0.15, -0.1) is 24.0 Å². The van der Waals surface area contributed by atoms with Crippen LogP contribution in [-0.4, -0.2) is 54.4 Å². The van der Waals surface area contributed by atoms with Crippen LogP contribution < -0.4 is 10.6 Å². The molecule has 6 nitrogen and oxygen atoms in total. The second kappa shape index (κ2) is 11.4. The van der Waals surface area contributed by atoms with E-state index in [2.05, 4.69) is 84.8 Å². The Kier molecular flexibility index (Phi) is 9.95. The molecule has 0 amide bonds. The van der Waals surface area contributed by atoms with Gasteiger partial charge in [0.2, 0.25) is 0 Å². The fourth-order valence-corrected chi connectivity index (χ4v) is 3.37. The van der Waals surface area contributed by atoms with E-state index in [0.29, 0.717) is 0 Å². The smallest absolute Gasteiger partial charge is 0.191 e. The van der Waals surface area contributed by atoms with E-state index < -0.39 is 0 Å². The van der Waals surface area contributed by atoms with Gasteiger partial charge in [0.1, 0.15) is 0 Å². The molecule has 0 fully saturated rings. The summed E-state index contributed by atoms with van der Waals surface area (Å²) < 4.78 is 1.95. The summed E-state index contributed by atoms with van der Waals surface area (Å²) in [6, 6.07) is 11.1. The van der Waals surface area contributed by atoms with Crippen LogP contribution in [0.5, 0.6) is 0 Å². The number of aliphatic imine (C=N–C) groups is 1. The molecule has 2 rings (SSSR count). The van der Waals surface area contributed by atoms with E-state index in [-0.39, 0.29) is 36.1 Å². The zero-order valence-electron chi connectivity index (χ0n) is 18.2. The van der Waals surface area contributed by atoms with Crippen molar-refractivity contribution < 1.29 is 0 Å². The van der Waals surface area contributed by atoms with Gasteiger partial charge in [0.25, 0.3) is 0 Å². The molecule has 0 bridgehead atoms. The summed E-state index contributed by atoms with van der Waals surface area (Å²) in [5.74, 6) is 0.824. The predicted octanol–water partition coefficient (Wildman–Crippen LogP) is 3.05. The summed E-state index contributed by atoms with van der Waals surface area (Å²) in [4.78, 5) is 6.62. The molecule has 2 atom stereocenters. The summed E-state index contributed by atoms with van der Waals surface area (Å²) in [6.45, 7) is 7.16. The summed E-state index contributed by atoms with van der Waals surface area (Å²) in [5, 5.41) is 11.5. The van der Waals surface area contributed by atoms with Crippen LogP contribution in [0, 0.1) is 13.8 Å². The number of halogens is 1. The maximum atomic E-state index is 4.51. The molecule has 1 aromatic carbocycles. The normalized spacial score (nSPS) is 13.8. The number of nitrogens with one attached hydrogen (secondary N) is 2. The number of rotatable bonds is 7. The second-order valence-electron chi connectivity index (χ2n) is 7.37. The zero-order chi connectivity index (χ0) is 20.0. The van der Waals surface area contributed by atoms with E-state index in [9.17, 15) is 0 Å². The molecule has 156 valence electrons. The largest absolute Gasteiger partial charge is 0.354 e. The minimum absolute atomic E-state index is 0. The molecule has 28 heavy (non-hydrogen) atoms. The third-order valence-electron chi connectivity index (χ3n) is 5.05. The summed E-state index contributed by atoms with van der Waals surface area (Å²) >= 11 is 0. The standard InChI is InChI=1S/C21H34N6.HI/c1-15(13-19-16(2)25-27(7)17(19)3)24-21(22-4)23-14-20(26(5)6)18-11-9-8-10-12-18;/h8-12,15,20H,13-14H2,1-7H3,(H2,22,23,24);1H. The van der Waals surface area contributed by atoms with Gasteiger partial charge in [0.15, 0.2) is 5.96 Å². The van der Waals surface area contributed by atoms with Crippen LogP contribution in [0.25, 0.3) is 0 Å². The molecule has 0 spiro atoms. The molecule has 7 heteroatoms. The molecule has 0 aliphatic rings. The van der Waals surface area contributed by atoms with Gasteiger partial charge in [0, 0.05) is 32.4 Å². The first-order valence-electron chi connectivity index (χ1n) is 9.51. The minimum atomic E-state index is 0. The fraction of sp³-hybridized carbons (Fsp3) is 0.524. The molecule has 0 saturated carbocycles. The van der Waals surface area contributed by atoms with Crippen molar-refractivity contribution in [3.8, 4) is 0 Å². The molecule has 2 unspecified atom stereocenters. The first-order valence-corrected chi connectivity index (χ1v) is 9.51. The zero-order valence-corrected chi connectivity index (χ0v) is 20.5. The predicted molar refractivity (Wildman–Crippen MR) is 129 cm³/mol. The highest BCUT2D eigenvalue weighted by atomic mass is 127. The highest BCUT2D eigenvalue weighted by Crippen LogP contribution is 2.17. The van der Waals surface area contributed by atoms with E-state index in [4.69, 9.17) is 0 Å². The molecule has 1 aromatic heterocycles. The van der Waals surface area contributed by atoms with Crippen molar-refractivity contribution >= 4 is 29.9 Å². The van der Waals surface area contributed by atoms with Crippen molar-refractivity contribution in [1.82, 2.24) is 25.3 Å². The number of aryl methyl sites for hydroxylation is 2. The third-order valence-corrected chi connectivity index (χ3v) is 5.05. The van der Waals surface area contributed by atoms with Crippen LogP contribution in [0.4, 0.5) is 0 Å². The fourth-order valence-electron chi connectivity index (χ4n) is 3.37. The SMILES string of the molecule is CN=C(NCC(c1ccccc1)N(C)C)NC(C)Cc1c(C)nn(C)c1C.I. The highest BCUT2D eigenvalue weighted by molar-refractivity contribution is 14.0. The molecule has 0 aliphatic heterocycles. The van der Waals surface area contributed by atoms with Gasteiger partial charge in [0.05, 0.1) is 11.7 Å². The van der Waals surface area contributed by atoms with Crippen LogP contribution in [-0.2, 0) is 13.5 Å². The Bertz CT molecular complexity index is 754. The lowest BCUT2D eigenvalue weighted by Gasteiger charge is -2.27. The Morgan fingerprint density at radius 3 is 2.36 bits per heavy atom. The summed E-state index contributed by atoms with van der Waals surface area (Å²) in [6.07, 6.45) is 0.919. The van der Waals surface area contributed by atoms with Gasteiger partial charge in [-0.3, -0.25) is 9.67 Å². The highest BCUT2D eigenvalue weighted by Gasteiger charge is 2.16. The Balaban J connectivity index is 0.00000392. The van der Waals surface area contributed by atoms with Crippen molar-refractivity contribution in [1.29, 1.82) is 0 Å². The van der Waals surface area contributed by atoms with Crippen LogP contribution in [0.15, 0.2) is 35.3 Å². The third kappa shape index (κ3) is 6.48. The summed E-state index contributed by atoms with van der Waals surface area (Å²) in [7, 11) is 8.02. The van der Waals surface area contributed by atoms with Crippen molar-refractivity contribution in [3.05, 3.63) is 52.8 Å². The number of benzene rings is 1. The Morgan fingerprint density at radius 2 is 1.86 bits per heavy atom. The monoisotopic (exact) mass is 498 g/mol. The molecule has 0 aliphatic carbocycles.